The van der Waals surface area contributed by atoms with Crippen LogP contribution in [0.3, 0.4) is 0 Å². The van der Waals surface area contributed by atoms with E-state index in [-0.39, 0.29) is 6.54 Å². The topological polar surface area (TPSA) is 72.6 Å². The summed E-state index contributed by atoms with van der Waals surface area (Å²) in [5.41, 5.74) is 6.42. The van der Waals surface area contributed by atoms with Gasteiger partial charge in [0.15, 0.2) is 0 Å². The van der Waals surface area contributed by atoms with E-state index in [4.69, 9.17) is 10.5 Å². The molecule has 1 unspecified atom stereocenters. The summed E-state index contributed by atoms with van der Waals surface area (Å²) >= 11 is 1.80. The largest absolute Gasteiger partial charge is 0.494 e. The number of rotatable bonds is 5. The van der Waals surface area contributed by atoms with Crippen molar-refractivity contribution in [2.75, 3.05) is 25.4 Å². The summed E-state index contributed by atoms with van der Waals surface area (Å²) in [4.78, 5) is 0.297. The fourth-order valence-electron chi connectivity index (χ4n) is 2.33. The molecule has 0 aromatic heterocycles. The first-order valence-corrected chi connectivity index (χ1v) is 9.55. The van der Waals surface area contributed by atoms with Crippen molar-refractivity contribution < 1.29 is 13.2 Å². The Bertz CT molecular complexity index is 590. The van der Waals surface area contributed by atoms with E-state index in [1.807, 2.05) is 6.92 Å². The molecule has 7 heteroatoms. The standard InChI is InChI=1S/C14H22N2O3S2/c1-3-19-14-5-4-13(8-12(14)9-15)21(17,18)16-6-7-20-11(2)10-16/h4-5,8,11H,3,6-7,9-10,15H2,1-2H3. The summed E-state index contributed by atoms with van der Waals surface area (Å²) in [6.45, 7) is 5.83. The molecule has 1 aromatic carbocycles. The van der Waals surface area contributed by atoms with Gasteiger partial charge in [-0.05, 0) is 25.1 Å². The lowest BCUT2D eigenvalue weighted by Crippen LogP contribution is -2.40. The Labute approximate surface area is 130 Å². The van der Waals surface area contributed by atoms with Crippen molar-refractivity contribution >= 4 is 21.8 Å². The molecule has 0 spiro atoms. The van der Waals surface area contributed by atoms with Gasteiger partial charge in [0, 0.05) is 36.2 Å². The van der Waals surface area contributed by atoms with Gasteiger partial charge in [-0.3, -0.25) is 0 Å². The molecule has 0 saturated carbocycles. The zero-order valence-corrected chi connectivity index (χ0v) is 14.0. The van der Waals surface area contributed by atoms with Gasteiger partial charge in [-0.25, -0.2) is 8.42 Å². The highest BCUT2D eigenvalue weighted by molar-refractivity contribution is 8.00. The zero-order chi connectivity index (χ0) is 15.5. The second-order valence-electron chi connectivity index (χ2n) is 4.95. The van der Waals surface area contributed by atoms with E-state index in [9.17, 15) is 8.42 Å². The minimum Gasteiger partial charge on any atom is -0.494 e. The third-order valence-electron chi connectivity index (χ3n) is 3.39. The molecule has 0 bridgehead atoms. The Hall–Kier alpha value is -0.760. The predicted molar refractivity (Wildman–Crippen MR) is 86.2 cm³/mol. The maximum absolute atomic E-state index is 12.7. The van der Waals surface area contributed by atoms with Gasteiger partial charge in [0.1, 0.15) is 5.75 Å². The maximum Gasteiger partial charge on any atom is 0.243 e. The van der Waals surface area contributed by atoms with Crippen LogP contribution in [0.4, 0.5) is 0 Å². The number of benzene rings is 1. The summed E-state index contributed by atoms with van der Waals surface area (Å²) in [6.07, 6.45) is 0. The summed E-state index contributed by atoms with van der Waals surface area (Å²) in [6, 6.07) is 4.93. The molecule has 1 saturated heterocycles. The Morgan fingerprint density at radius 3 is 2.86 bits per heavy atom. The molecule has 0 amide bonds. The molecule has 1 atom stereocenters. The average Bonchev–Trinajstić information content (AvgIpc) is 2.47. The molecule has 1 aromatic rings. The third-order valence-corrected chi connectivity index (χ3v) is 6.39. The van der Waals surface area contributed by atoms with Gasteiger partial charge in [-0.2, -0.15) is 16.1 Å². The molecule has 1 aliphatic heterocycles. The number of hydrogen-bond acceptors (Lipinski definition) is 5. The number of nitrogens with zero attached hydrogens (tertiary/aromatic N) is 1. The van der Waals surface area contributed by atoms with Gasteiger partial charge < -0.3 is 10.5 Å². The van der Waals surface area contributed by atoms with Crippen molar-refractivity contribution in [3.63, 3.8) is 0 Å². The summed E-state index contributed by atoms with van der Waals surface area (Å²) in [7, 11) is -3.45. The fourth-order valence-corrected chi connectivity index (χ4v) is 5.13. The van der Waals surface area contributed by atoms with Crippen molar-refractivity contribution in [2.24, 2.45) is 5.73 Å². The molecule has 5 nitrogen and oxygen atoms in total. The van der Waals surface area contributed by atoms with E-state index in [0.717, 1.165) is 11.3 Å². The van der Waals surface area contributed by atoms with Crippen LogP contribution in [0.1, 0.15) is 19.4 Å². The molecular formula is C14H22N2O3S2. The van der Waals surface area contributed by atoms with E-state index in [1.54, 1.807) is 34.3 Å². The molecule has 1 aliphatic rings. The van der Waals surface area contributed by atoms with Crippen molar-refractivity contribution in [2.45, 2.75) is 30.5 Å². The van der Waals surface area contributed by atoms with Crippen molar-refractivity contribution in [3.8, 4) is 5.75 Å². The molecule has 2 N–H and O–H groups in total. The van der Waals surface area contributed by atoms with Gasteiger partial charge in [-0.1, -0.05) is 6.92 Å². The molecule has 118 valence electrons. The van der Waals surface area contributed by atoms with Crippen LogP contribution < -0.4 is 10.5 Å². The number of nitrogens with two attached hydrogens (primary N) is 1. The smallest absolute Gasteiger partial charge is 0.243 e. The highest BCUT2D eigenvalue weighted by Gasteiger charge is 2.29. The molecular weight excluding hydrogens is 308 g/mol. The fraction of sp³-hybridized carbons (Fsp3) is 0.571. The lowest BCUT2D eigenvalue weighted by molar-refractivity contribution is 0.336. The van der Waals surface area contributed by atoms with Gasteiger partial charge in [0.25, 0.3) is 0 Å². The molecule has 0 aliphatic carbocycles. The lowest BCUT2D eigenvalue weighted by Gasteiger charge is -2.29. The second kappa shape index (κ2) is 7.00. The number of sulfonamides is 1. The van der Waals surface area contributed by atoms with Crippen molar-refractivity contribution in [1.82, 2.24) is 4.31 Å². The van der Waals surface area contributed by atoms with Crippen LogP contribution in [0.25, 0.3) is 0 Å². The van der Waals surface area contributed by atoms with Crippen molar-refractivity contribution in [3.05, 3.63) is 23.8 Å². The summed E-state index contributed by atoms with van der Waals surface area (Å²) in [5.74, 6) is 1.49. The highest BCUT2D eigenvalue weighted by Crippen LogP contribution is 2.27. The Kier molecular flexibility index (Phi) is 5.54. The van der Waals surface area contributed by atoms with E-state index in [1.165, 1.54) is 0 Å². The predicted octanol–water partition coefficient (Wildman–Crippen LogP) is 1.67. The van der Waals surface area contributed by atoms with Crippen LogP contribution in [-0.2, 0) is 16.6 Å². The molecule has 21 heavy (non-hydrogen) atoms. The van der Waals surface area contributed by atoms with Crippen LogP contribution in [-0.4, -0.2) is 43.4 Å². The molecule has 1 heterocycles. The number of thioether (sulfide) groups is 1. The lowest BCUT2D eigenvalue weighted by atomic mass is 10.2. The average molecular weight is 330 g/mol. The SMILES string of the molecule is CCOc1ccc(S(=O)(=O)N2CCSC(C)C2)cc1CN. The minimum atomic E-state index is -3.45. The summed E-state index contributed by atoms with van der Waals surface area (Å²) in [5, 5.41) is 0.324. The van der Waals surface area contributed by atoms with E-state index < -0.39 is 10.0 Å². The van der Waals surface area contributed by atoms with Crippen LogP contribution in [0.15, 0.2) is 23.1 Å². The van der Waals surface area contributed by atoms with Gasteiger partial charge in [0.05, 0.1) is 11.5 Å². The van der Waals surface area contributed by atoms with Gasteiger partial charge >= 0.3 is 0 Å². The molecule has 1 fully saturated rings. The normalized spacial score (nSPS) is 20.4. The van der Waals surface area contributed by atoms with Crippen molar-refractivity contribution in [1.29, 1.82) is 0 Å². The molecule has 0 radical (unpaired) electrons. The molecule has 2 rings (SSSR count). The third kappa shape index (κ3) is 3.71. The van der Waals surface area contributed by atoms with Crippen LogP contribution in [0.2, 0.25) is 0 Å². The Balaban J connectivity index is 2.31. The Morgan fingerprint density at radius 2 is 2.24 bits per heavy atom. The first-order valence-electron chi connectivity index (χ1n) is 7.06. The van der Waals surface area contributed by atoms with Gasteiger partial charge in [0.2, 0.25) is 10.0 Å². The highest BCUT2D eigenvalue weighted by atomic mass is 32.2. The quantitative estimate of drug-likeness (QED) is 0.889. The van der Waals surface area contributed by atoms with Crippen LogP contribution >= 0.6 is 11.8 Å². The van der Waals surface area contributed by atoms with E-state index in [2.05, 4.69) is 6.92 Å². The van der Waals surface area contributed by atoms with Crippen LogP contribution in [0.5, 0.6) is 5.75 Å². The number of hydrogen-bond donors (Lipinski definition) is 1. The van der Waals surface area contributed by atoms with Crippen LogP contribution in [0, 0.1) is 0 Å². The maximum atomic E-state index is 12.7. The monoisotopic (exact) mass is 330 g/mol. The van der Waals surface area contributed by atoms with E-state index >= 15 is 0 Å². The number of ether oxygens (including phenoxy) is 1. The zero-order valence-electron chi connectivity index (χ0n) is 12.4. The van der Waals surface area contributed by atoms with Gasteiger partial charge in [-0.15, -0.1) is 0 Å². The Morgan fingerprint density at radius 1 is 1.48 bits per heavy atom. The second-order valence-corrected chi connectivity index (χ2v) is 8.44. The minimum absolute atomic E-state index is 0.255. The first-order chi connectivity index (χ1) is 9.98. The first kappa shape index (κ1) is 16.6. The summed E-state index contributed by atoms with van der Waals surface area (Å²) < 4.78 is 32.4. The van der Waals surface area contributed by atoms with E-state index in [0.29, 0.717) is 35.6 Å².